The summed E-state index contributed by atoms with van der Waals surface area (Å²) in [5.41, 5.74) is 0. The highest BCUT2D eigenvalue weighted by atomic mass is 31.2. The number of allylic oxidation sites excluding steroid dienone is 3. The van der Waals surface area contributed by atoms with Gasteiger partial charge in [0.05, 0.1) is 39.9 Å². The van der Waals surface area contributed by atoms with E-state index in [0.717, 1.165) is 32.1 Å². The predicted molar refractivity (Wildman–Crippen MR) is 309 cm³/mol. The van der Waals surface area contributed by atoms with Gasteiger partial charge in [-0.05, 0) is 44.9 Å². The molecule has 9 heteroatoms. The van der Waals surface area contributed by atoms with Gasteiger partial charge in [0.25, 0.3) is 0 Å². The third-order valence-electron chi connectivity index (χ3n) is 14.4. The van der Waals surface area contributed by atoms with Gasteiger partial charge in [-0.1, -0.05) is 289 Å². The van der Waals surface area contributed by atoms with Crippen LogP contribution < -0.4 is 5.32 Å². The molecular weight excluding hydrogens is 900 g/mol. The molecule has 71 heavy (non-hydrogen) atoms. The highest BCUT2D eigenvalue weighted by Crippen LogP contribution is 2.43. The number of quaternary nitrogens is 1. The summed E-state index contributed by atoms with van der Waals surface area (Å²) in [7, 11) is 1.59. The number of aliphatic hydroxyl groups is 1. The van der Waals surface area contributed by atoms with Crippen LogP contribution in [0.25, 0.3) is 0 Å². The van der Waals surface area contributed by atoms with E-state index in [1.807, 2.05) is 27.2 Å². The fourth-order valence-electron chi connectivity index (χ4n) is 9.51. The highest BCUT2D eigenvalue weighted by molar-refractivity contribution is 7.47. The van der Waals surface area contributed by atoms with Crippen molar-refractivity contribution in [1.82, 2.24) is 5.32 Å². The first-order chi connectivity index (χ1) is 34.5. The fourth-order valence-corrected chi connectivity index (χ4v) is 10.2. The summed E-state index contributed by atoms with van der Waals surface area (Å²) in [6, 6.07) is -0.844. The first kappa shape index (κ1) is 70.0. The van der Waals surface area contributed by atoms with Gasteiger partial charge in [-0.25, -0.2) is 4.57 Å². The van der Waals surface area contributed by atoms with Gasteiger partial charge in [0.2, 0.25) is 5.91 Å². The Hall–Kier alpha value is -1.02. The minimum absolute atomic E-state index is 0.0638. The molecule has 0 aromatic carbocycles. The number of hydrogen-bond donors (Lipinski definition) is 3. The summed E-state index contributed by atoms with van der Waals surface area (Å²) in [5.74, 6) is -0.171. The molecule has 0 saturated heterocycles. The highest BCUT2D eigenvalue weighted by Gasteiger charge is 2.27. The molecule has 0 saturated carbocycles. The number of phosphoric ester groups is 1. The van der Waals surface area contributed by atoms with Crippen LogP contribution in [0, 0.1) is 0 Å². The van der Waals surface area contributed by atoms with Gasteiger partial charge in [0, 0.05) is 6.42 Å². The van der Waals surface area contributed by atoms with Crippen LogP contribution in [0.2, 0.25) is 0 Å². The molecule has 1 amide bonds. The zero-order valence-electron chi connectivity index (χ0n) is 48.2. The molecule has 0 aromatic heterocycles. The molecule has 8 nitrogen and oxygen atoms in total. The maximum absolute atomic E-state index is 13.0. The number of likely N-dealkylation sites (N-methyl/N-ethyl adjacent to an activating group) is 1. The Bertz CT molecular complexity index is 1210. The number of carbonyl (C=O) groups excluding carboxylic acids is 1. The lowest BCUT2D eigenvalue weighted by Crippen LogP contribution is -2.45. The average molecular weight is 1020 g/mol. The van der Waals surface area contributed by atoms with Crippen LogP contribution in [0.15, 0.2) is 24.3 Å². The van der Waals surface area contributed by atoms with Crippen molar-refractivity contribution in [3.8, 4) is 0 Å². The predicted octanol–water partition coefficient (Wildman–Crippen LogP) is 19.2. The number of carbonyl (C=O) groups is 1. The molecule has 3 unspecified atom stereocenters. The van der Waals surface area contributed by atoms with E-state index in [1.165, 1.54) is 263 Å². The summed E-state index contributed by atoms with van der Waals surface area (Å²) in [6.07, 6.45) is 68.7. The van der Waals surface area contributed by atoms with E-state index < -0.39 is 20.0 Å². The van der Waals surface area contributed by atoms with Crippen LogP contribution >= 0.6 is 7.82 Å². The number of phosphoric acid groups is 1. The Morgan fingerprint density at radius 3 is 1.08 bits per heavy atom. The minimum atomic E-state index is -4.35. The smallest absolute Gasteiger partial charge is 0.387 e. The third-order valence-corrected chi connectivity index (χ3v) is 15.4. The lowest BCUT2D eigenvalue weighted by molar-refractivity contribution is -0.870. The van der Waals surface area contributed by atoms with E-state index in [-0.39, 0.29) is 19.1 Å². The summed E-state index contributed by atoms with van der Waals surface area (Å²) in [4.78, 5) is 23.3. The van der Waals surface area contributed by atoms with Crippen LogP contribution in [-0.4, -0.2) is 73.4 Å². The van der Waals surface area contributed by atoms with Crippen LogP contribution in [-0.2, 0) is 18.4 Å². The zero-order valence-corrected chi connectivity index (χ0v) is 49.1. The molecule has 422 valence electrons. The maximum atomic E-state index is 13.0. The number of hydrogen-bond acceptors (Lipinski definition) is 5. The summed E-state index contributed by atoms with van der Waals surface area (Å²) in [5, 5.41) is 14.0. The quantitative estimate of drug-likeness (QED) is 0.0243. The molecule has 0 aliphatic heterocycles. The first-order valence-electron chi connectivity index (χ1n) is 31.2. The van der Waals surface area contributed by atoms with E-state index in [4.69, 9.17) is 9.05 Å². The number of unbranched alkanes of at least 4 members (excludes halogenated alkanes) is 43. The lowest BCUT2D eigenvalue weighted by Gasteiger charge is -2.25. The molecule has 0 fully saturated rings. The SMILES string of the molecule is CCCCCCCCCCCCCC/C=C\CCCCCCCCCCCCCCCCCC(=O)NC(COP(=O)(O)OCC[N+](C)(C)C)C(O)/C=C/CCCCCCCCCCCCCCCCCC. The Morgan fingerprint density at radius 2 is 0.761 bits per heavy atom. The van der Waals surface area contributed by atoms with Crippen molar-refractivity contribution in [2.45, 2.75) is 328 Å². The van der Waals surface area contributed by atoms with E-state index >= 15 is 0 Å². The van der Waals surface area contributed by atoms with Crippen molar-refractivity contribution < 1.29 is 32.9 Å². The van der Waals surface area contributed by atoms with Crippen molar-refractivity contribution in [2.24, 2.45) is 0 Å². The van der Waals surface area contributed by atoms with Crippen molar-refractivity contribution >= 4 is 13.7 Å². The van der Waals surface area contributed by atoms with Crippen molar-refractivity contribution in [3.63, 3.8) is 0 Å². The van der Waals surface area contributed by atoms with Gasteiger partial charge in [0.1, 0.15) is 13.2 Å². The Labute approximate surface area is 443 Å². The van der Waals surface area contributed by atoms with Gasteiger partial charge >= 0.3 is 7.82 Å². The van der Waals surface area contributed by atoms with Gasteiger partial charge in [-0.3, -0.25) is 13.8 Å². The third kappa shape index (κ3) is 56.5. The fraction of sp³-hybridized carbons (Fsp3) is 0.919. The van der Waals surface area contributed by atoms with Crippen molar-refractivity contribution in [1.29, 1.82) is 0 Å². The van der Waals surface area contributed by atoms with Crippen LogP contribution in [0.4, 0.5) is 0 Å². The molecule has 0 radical (unpaired) electrons. The number of rotatable bonds is 58. The molecular formula is C62H124N2O6P+. The second kappa shape index (κ2) is 53.8. The number of amides is 1. The topological polar surface area (TPSA) is 105 Å². The van der Waals surface area contributed by atoms with Crippen molar-refractivity contribution in [2.75, 3.05) is 40.9 Å². The molecule has 3 N–H and O–H groups in total. The van der Waals surface area contributed by atoms with Gasteiger partial charge < -0.3 is 19.8 Å². The zero-order chi connectivity index (χ0) is 52.0. The molecule has 0 heterocycles. The van der Waals surface area contributed by atoms with Crippen molar-refractivity contribution in [3.05, 3.63) is 24.3 Å². The van der Waals surface area contributed by atoms with Gasteiger partial charge in [-0.2, -0.15) is 0 Å². The van der Waals surface area contributed by atoms with E-state index in [0.29, 0.717) is 17.4 Å². The largest absolute Gasteiger partial charge is 0.472 e. The molecule has 0 rings (SSSR count). The Morgan fingerprint density at radius 1 is 0.465 bits per heavy atom. The Balaban J connectivity index is 4.06. The number of nitrogens with one attached hydrogen (secondary N) is 1. The van der Waals surface area contributed by atoms with E-state index in [9.17, 15) is 19.4 Å². The normalized spacial score (nSPS) is 14.0. The second-order valence-electron chi connectivity index (χ2n) is 22.8. The maximum Gasteiger partial charge on any atom is 0.472 e. The molecule has 3 atom stereocenters. The minimum Gasteiger partial charge on any atom is -0.387 e. The lowest BCUT2D eigenvalue weighted by atomic mass is 10.0. The first-order valence-corrected chi connectivity index (χ1v) is 32.7. The molecule has 0 aliphatic rings. The standard InChI is InChI=1S/C62H123N2O6P/c1-6-8-10-12-14-16-18-20-22-24-26-27-28-29-30-31-32-33-34-35-36-37-38-40-42-44-46-48-50-52-54-56-62(66)63-60(59-70-71(67,68)69-58-57-64(3,4)5)61(65)55-53-51-49-47-45-43-41-39-25-23-21-19-17-15-13-11-9-7-2/h29-30,53,55,60-61,65H,6-28,31-52,54,56-59H2,1-5H3,(H-,63,66,67,68)/p+1/b30-29-,55-53+. The molecule has 0 spiro atoms. The van der Waals surface area contributed by atoms with Crippen LogP contribution in [0.1, 0.15) is 316 Å². The molecule has 0 aromatic rings. The average Bonchev–Trinajstić information content (AvgIpc) is 3.33. The number of nitrogens with zero attached hydrogens (tertiary/aromatic N) is 1. The van der Waals surface area contributed by atoms with Gasteiger partial charge in [-0.15, -0.1) is 0 Å². The number of aliphatic hydroxyl groups excluding tert-OH is 1. The molecule has 0 aliphatic carbocycles. The van der Waals surface area contributed by atoms with Crippen LogP contribution in [0.5, 0.6) is 0 Å². The Kier molecular flexibility index (Phi) is 53.0. The summed E-state index contributed by atoms with van der Waals surface area (Å²) < 4.78 is 23.7. The summed E-state index contributed by atoms with van der Waals surface area (Å²) >= 11 is 0. The van der Waals surface area contributed by atoms with Gasteiger partial charge in [0.15, 0.2) is 0 Å². The molecule has 0 bridgehead atoms. The second-order valence-corrected chi connectivity index (χ2v) is 24.2. The monoisotopic (exact) mass is 1020 g/mol. The van der Waals surface area contributed by atoms with Crippen LogP contribution in [0.3, 0.4) is 0 Å². The van der Waals surface area contributed by atoms with E-state index in [2.05, 4.69) is 31.3 Å². The van der Waals surface area contributed by atoms with E-state index in [1.54, 1.807) is 6.08 Å². The summed E-state index contributed by atoms with van der Waals surface area (Å²) in [6.45, 7) is 4.86.